The minimum absolute atomic E-state index is 0.311. The van der Waals surface area contributed by atoms with E-state index in [1.165, 1.54) is 0 Å². The number of aryl methyl sites for hydroxylation is 3. The highest BCUT2D eigenvalue weighted by molar-refractivity contribution is 7.89. The van der Waals surface area contributed by atoms with Crippen molar-refractivity contribution in [1.82, 2.24) is 14.9 Å². The van der Waals surface area contributed by atoms with Gasteiger partial charge in [0.05, 0.1) is 17.0 Å². The predicted molar refractivity (Wildman–Crippen MR) is 130 cm³/mol. The number of halogens is 1. The van der Waals surface area contributed by atoms with Gasteiger partial charge < -0.3 is 10.6 Å². The first-order valence-corrected chi connectivity index (χ1v) is 12.9. The van der Waals surface area contributed by atoms with Crippen molar-refractivity contribution in [2.45, 2.75) is 50.6 Å². The minimum Gasteiger partial charge on any atom is -0.368 e. The lowest BCUT2D eigenvalue weighted by molar-refractivity contribution is 0.241. The van der Waals surface area contributed by atoms with Crippen LogP contribution >= 0.6 is 11.6 Å². The van der Waals surface area contributed by atoms with E-state index in [2.05, 4.69) is 10.6 Å². The van der Waals surface area contributed by atoms with E-state index in [0.29, 0.717) is 43.9 Å². The summed E-state index contributed by atoms with van der Waals surface area (Å²) in [5, 5.41) is 7.86. The van der Waals surface area contributed by atoms with Crippen molar-refractivity contribution in [1.29, 1.82) is 0 Å². The molecule has 0 amide bonds. The van der Waals surface area contributed by atoms with Crippen molar-refractivity contribution < 1.29 is 8.42 Å². The molecule has 0 atom stereocenters. The second-order valence-electron chi connectivity index (χ2n) is 8.85. The summed E-state index contributed by atoms with van der Waals surface area (Å²) in [7, 11) is -3.54. The van der Waals surface area contributed by atoms with E-state index in [0.717, 1.165) is 39.7 Å². The third-order valence-electron chi connectivity index (χ3n) is 6.45. The summed E-state index contributed by atoms with van der Waals surface area (Å²) >= 11 is 5.99. The Hall–Kier alpha value is -1.93. The highest BCUT2D eigenvalue weighted by Crippen LogP contribution is 2.31. The van der Waals surface area contributed by atoms with E-state index in [4.69, 9.17) is 16.6 Å². The fourth-order valence-electron chi connectivity index (χ4n) is 4.94. The monoisotopic (exact) mass is 474 g/mol. The second kappa shape index (κ2) is 9.14. The number of benzene rings is 2. The summed E-state index contributed by atoms with van der Waals surface area (Å²) in [6, 6.07) is 11.7. The Balaban J connectivity index is 1.49. The standard InChI is InChI=1S/C24H31ClN4O2S/c1-17-14-18(2)22(19(3)15-17)32(30,31)29-12-8-24(9-13-29)23(26-10-11-28-24)27-16-20-4-6-21(25)7-5-20/h4-7,14-15,28H,8-13,16H2,1-3H3,(H,26,27). The summed E-state index contributed by atoms with van der Waals surface area (Å²) in [6.07, 6.45) is 1.37. The summed E-state index contributed by atoms with van der Waals surface area (Å²) in [5.41, 5.74) is 3.52. The molecule has 1 saturated heterocycles. The molecule has 1 fully saturated rings. The van der Waals surface area contributed by atoms with Crippen LogP contribution in [0.3, 0.4) is 0 Å². The van der Waals surface area contributed by atoms with E-state index in [-0.39, 0.29) is 5.54 Å². The third-order valence-corrected chi connectivity index (χ3v) is 8.91. The van der Waals surface area contributed by atoms with E-state index in [9.17, 15) is 8.42 Å². The Bertz CT molecular complexity index is 1100. The van der Waals surface area contributed by atoms with Crippen LogP contribution in [0.1, 0.15) is 35.1 Å². The molecule has 2 N–H and O–H groups in total. The largest absolute Gasteiger partial charge is 0.368 e. The Kier molecular flexibility index (Phi) is 6.63. The molecule has 0 bridgehead atoms. The SMILES string of the molecule is Cc1cc(C)c(S(=O)(=O)N2CCC3(CC2)NCCN=C3NCc2ccc(Cl)cc2)c(C)c1. The Morgan fingerprint density at radius 2 is 1.72 bits per heavy atom. The molecule has 8 heteroatoms. The molecule has 0 unspecified atom stereocenters. The van der Waals surface area contributed by atoms with E-state index in [1.807, 2.05) is 57.2 Å². The molecule has 2 aliphatic heterocycles. The molecule has 0 radical (unpaired) electrons. The van der Waals surface area contributed by atoms with Gasteiger partial charge in [0, 0.05) is 31.2 Å². The molecule has 2 aliphatic rings. The Morgan fingerprint density at radius 1 is 1.09 bits per heavy atom. The molecule has 2 heterocycles. The average Bonchev–Trinajstić information content (AvgIpc) is 2.74. The summed E-state index contributed by atoms with van der Waals surface area (Å²) in [5.74, 6) is 0.929. The molecule has 172 valence electrons. The van der Waals surface area contributed by atoms with Gasteiger partial charge in [0.25, 0.3) is 0 Å². The lowest BCUT2D eigenvalue weighted by Gasteiger charge is -2.44. The molecule has 0 saturated carbocycles. The van der Waals surface area contributed by atoms with Crippen LogP contribution < -0.4 is 10.6 Å². The van der Waals surface area contributed by atoms with Crippen LogP contribution in [0.25, 0.3) is 0 Å². The number of aliphatic imine (C=N–C) groups is 1. The van der Waals surface area contributed by atoms with Crippen molar-refractivity contribution in [3.63, 3.8) is 0 Å². The van der Waals surface area contributed by atoms with Gasteiger partial charge in [-0.3, -0.25) is 4.99 Å². The lowest BCUT2D eigenvalue weighted by atomic mass is 9.85. The number of hydrogen-bond donors (Lipinski definition) is 2. The summed E-state index contributed by atoms with van der Waals surface area (Å²) in [6.45, 7) is 8.85. The van der Waals surface area contributed by atoms with Crippen LogP contribution in [-0.4, -0.2) is 50.3 Å². The van der Waals surface area contributed by atoms with Crippen molar-refractivity contribution in [3.05, 3.63) is 63.7 Å². The van der Waals surface area contributed by atoms with Gasteiger partial charge in [0.15, 0.2) is 0 Å². The smallest absolute Gasteiger partial charge is 0.243 e. The normalized spacial score (nSPS) is 19.1. The number of rotatable bonds is 4. The number of amidine groups is 1. The number of piperidine rings is 1. The van der Waals surface area contributed by atoms with Gasteiger partial charge in [-0.15, -0.1) is 0 Å². The summed E-state index contributed by atoms with van der Waals surface area (Å²) < 4.78 is 28.6. The fraction of sp³-hybridized carbons (Fsp3) is 0.458. The molecule has 2 aromatic rings. The second-order valence-corrected chi connectivity index (χ2v) is 11.2. The van der Waals surface area contributed by atoms with Crippen LogP contribution in [0.15, 0.2) is 46.3 Å². The lowest BCUT2D eigenvalue weighted by Crippen LogP contribution is -2.64. The topological polar surface area (TPSA) is 73.8 Å². The average molecular weight is 475 g/mol. The van der Waals surface area contributed by atoms with E-state index >= 15 is 0 Å². The number of hydrogen-bond acceptors (Lipinski definition) is 5. The van der Waals surface area contributed by atoms with Gasteiger partial charge >= 0.3 is 0 Å². The van der Waals surface area contributed by atoms with Gasteiger partial charge in [-0.25, -0.2) is 8.42 Å². The van der Waals surface area contributed by atoms with Crippen molar-refractivity contribution in [2.75, 3.05) is 26.2 Å². The maximum Gasteiger partial charge on any atom is 0.243 e. The van der Waals surface area contributed by atoms with Gasteiger partial charge in [0.1, 0.15) is 5.84 Å². The molecule has 1 spiro atoms. The highest BCUT2D eigenvalue weighted by atomic mass is 35.5. The molecule has 2 aromatic carbocycles. The van der Waals surface area contributed by atoms with Gasteiger partial charge in [-0.1, -0.05) is 41.4 Å². The van der Waals surface area contributed by atoms with Crippen LogP contribution in [0.5, 0.6) is 0 Å². The molecule has 0 aliphatic carbocycles. The zero-order chi connectivity index (χ0) is 22.9. The first kappa shape index (κ1) is 23.2. The van der Waals surface area contributed by atoms with Gasteiger partial charge in [-0.2, -0.15) is 4.31 Å². The van der Waals surface area contributed by atoms with E-state index in [1.54, 1.807) is 4.31 Å². The summed E-state index contributed by atoms with van der Waals surface area (Å²) in [4.78, 5) is 5.22. The Labute approximate surface area is 196 Å². The Morgan fingerprint density at radius 3 is 2.34 bits per heavy atom. The van der Waals surface area contributed by atoms with Gasteiger partial charge in [-0.05, 0) is 62.4 Å². The molecule has 4 rings (SSSR count). The van der Waals surface area contributed by atoms with Crippen molar-refractivity contribution in [2.24, 2.45) is 4.99 Å². The zero-order valence-electron chi connectivity index (χ0n) is 18.9. The molecular weight excluding hydrogens is 444 g/mol. The highest BCUT2D eigenvalue weighted by Gasteiger charge is 2.43. The zero-order valence-corrected chi connectivity index (χ0v) is 20.5. The van der Waals surface area contributed by atoms with Crippen LogP contribution in [0.4, 0.5) is 0 Å². The number of nitrogens with one attached hydrogen (secondary N) is 2. The molecular formula is C24H31ClN4O2S. The van der Waals surface area contributed by atoms with E-state index < -0.39 is 10.0 Å². The molecule has 0 aromatic heterocycles. The van der Waals surface area contributed by atoms with Crippen molar-refractivity contribution in [3.8, 4) is 0 Å². The maximum absolute atomic E-state index is 13.5. The first-order valence-electron chi connectivity index (χ1n) is 11.1. The predicted octanol–water partition coefficient (Wildman–Crippen LogP) is 3.58. The molecule has 6 nitrogen and oxygen atoms in total. The fourth-order valence-corrected chi connectivity index (χ4v) is 6.91. The maximum atomic E-state index is 13.5. The number of sulfonamides is 1. The first-order chi connectivity index (χ1) is 15.2. The van der Waals surface area contributed by atoms with Crippen molar-refractivity contribution >= 4 is 27.5 Å². The van der Waals surface area contributed by atoms with Crippen LogP contribution in [-0.2, 0) is 16.6 Å². The minimum atomic E-state index is -3.54. The van der Waals surface area contributed by atoms with Gasteiger partial charge in [0.2, 0.25) is 10.0 Å². The van der Waals surface area contributed by atoms with Crippen LogP contribution in [0, 0.1) is 20.8 Å². The van der Waals surface area contributed by atoms with Crippen LogP contribution in [0.2, 0.25) is 5.02 Å². The third kappa shape index (κ3) is 4.57. The number of nitrogens with zero attached hydrogens (tertiary/aromatic N) is 2. The quantitative estimate of drug-likeness (QED) is 0.710. The molecule has 32 heavy (non-hydrogen) atoms.